The van der Waals surface area contributed by atoms with Gasteiger partial charge in [0.15, 0.2) is 0 Å². The maximum absolute atomic E-state index is 12.4. The summed E-state index contributed by atoms with van der Waals surface area (Å²) in [6.07, 6.45) is 2.88. The van der Waals surface area contributed by atoms with Gasteiger partial charge in [0, 0.05) is 28.0 Å². The number of aromatic nitrogens is 1. The molecule has 1 saturated heterocycles. The highest BCUT2D eigenvalue weighted by Gasteiger charge is 2.30. The molecule has 1 fully saturated rings. The molecular formula is C17H18ClN3O3S. The number of piperidine rings is 1. The lowest BCUT2D eigenvalue weighted by atomic mass is 10.1. The highest BCUT2D eigenvalue weighted by atomic mass is 35.5. The van der Waals surface area contributed by atoms with E-state index < -0.39 is 17.2 Å². The number of nitrogens with one attached hydrogen (secondary N) is 1. The number of amides is 2. The standard InChI is InChI=1S/C17H18ClN3O3S/c1-10(16(22)20-13-3-2-8-21(24)17(13)23)25-15-6-7-19-14-9-11(18)4-5-12(14)15/h4-7,9-10,13,24H,2-3,8H2,1H3,(H,20,22). The van der Waals surface area contributed by atoms with Gasteiger partial charge in [0.05, 0.1) is 10.8 Å². The molecule has 0 radical (unpaired) electrons. The lowest BCUT2D eigenvalue weighted by Crippen LogP contribution is -2.52. The van der Waals surface area contributed by atoms with Crippen LogP contribution in [0, 0.1) is 0 Å². The second-order valence-electron chi connectivity index (χ2n) is 5.90. The van der Waals surface area contributed by atoms with Crippen LogP contribution in [0.1, 0.15) is 19.8 Å². The van der Waals surface area contributed by atoms with Gasteiger partial charge in [-0.2, -0.15) is 0 Å². The summed E-state index contributed by atoms with van der Waals surface area (Å²) in [6, 6.07) is 6.64. The Balaban J connectivity index is 1.70. The van der Waals surface area contributed by atoms with Gasteiger partial charge in [-0.15, -0.1) is 11.8 Å². The van der Waals surface area contributed by atoms with E-state index >= 15 is 0 Å². The first kappa shape index (κ1) is 18.0. The highest BCUT2D eigenvalue weighted by Crippen LogP contribution is 2.31. The van der Waals surface area contributed by atoms with Crippen LogP contribution in [-0.2, 0) is 9.59 Å². The molecule has 2 amide bonds. The van der Waals surface area contributed by atoms with E-state index in [1.165, 1.54) is 11.8 Å². The molecule has 2 heterocycles. The number of hydrogen-bond acceptors (Lipinski definition) is 5. The van der Waals surface area contributed by atoms with Crippen molar-refractivity contribution in [3.05, 3.63) is 35.5 Å². The zero-order valence-corrected chi connectivity index (χ0v) is 15.2. The van der Waals surface area contributed by atoms with E-state index in [9.17, 15) is 14.8 Å². The van der Waals surface area contributed by atoms with E-state index in [2.05, 4.69) is 10.3 Å². The highest BCUT2D eigenvalue weighted by molar-refractivity contribution is 8.00. The first-order chi connectivity index (χ1) is 12.0. The molecule has 2 unspecified atom stereocenters. The van der Waals surface area contributed by atoms with Gasteiger partial charge >= 0.3 is 0 Å². The molecular weight excluding hydrogens is 362 g/mol. The summed E-state index contributed by atoms with van der Waals surface area (Å²) in [5.41, 5.74) is 0.767. The molecule has 0 spiro atoms. The smallest absolute Gasteiger partial charge is 0.268 e. The van der Waals surface area contributed by atoms with Crippen molar-refractivity contribution in [2.75, 3.05) is 6.54 Å². The van der Waals surface area contributed by atoms with Crippen LogP contribution in [0.3, 0.4) is 0 Å². The predicted octanol–water partition coefficient (Wildman–Crippen LogP) is 2.87. The maximum Gasteiger partial charge on any atom is 0.268 e. The third-order valence-corrected chi connectivity index (χ3v) is 5.48. The van der Waals surface area contributed by atoms with Crippen molar-refractivity contribution in [3.8, 4) is 0 Å². The Kier molecular flexibility index (Phi) is 5.46. The van der Waals surface area contributed by atoms with Crippen molar-refractivity contribution in [2.45, 2.75) is 36.0 Å². The lowest BCUT2D eigenvalue weighted by Gasteiger charge is -2.28. The number of thioether (sulfide) groups is 1. The Bertz CT molecular complexity index is 817. The zero-order valence-electron chi connectivity index (χ0n) is 13.6. The third-order valence-electron chi connectivity index (χ3n) is 4.07. The van der Waals surface area contributed by atoms with Crippen LogP contribution < -0.4 is 5.32 Å². The molecule has 25 heavy (non-hydrogen) atoms. The van der Waals surface area contributed by atoms with E-state index in [4.69, 9.17) is 11.6 Å². The number of nitrogens with zero attached hydrogens (tertiary/aromatic N) is 2. The van der Waals surface area contributed by atoms with Crippen molar-refractivity contribution in [1.82, 2.24) is 15.4 Å². The maximum atomic E-state index is 12.4. The average Bonchev–Trinajstić information content (AvgIpc) is 2.58. The zero-order chi connectivity index (χ0) is 18.0. The van der Waals surface area contributed by atoms with Gasteiger partial charge in [-0.3, -0.25) is 19.8 Å². The van der Waals surface area contributed by atoms with E-state index in [0.717, 1.165) is 15.8 Å². The van der Waals surface area contributed by atoms with Crippen LogP contribution in [0.25, 0.3) is 10.9 Å². The van der Waals surface area contributed by atoms with Crippen molar-refractivity contribution < 1.29 is 14.8 Å². The van der Waals surface area contributed by atoms with Crippen molar-refractivity contribution >= 4 is 46.1 Å². The number of halogens is 1. The lowest BCUT2D eigenvalue weighted by molar-refractivity contribution is -0.173. The molecule has 1 aromatic carbocycles. The van der Waals surface area contributed by atoms with Gasteiger partial charge in [0.2, 0.25) is 5.91 Å². The molecule has 0 bridgehead atoms. The van der Waals surface area contributed by atoms with Gasteiger partial charge < -0.3 is 5.32 Å². The molecule has 6 nitrogen and oxygen atoms in total. The van der Waals surface area contributed by atoms with Gasteiger partial charge in [-0.05, 0) is 38.0 Å². The van der Waals surface area contributed by atoms with Crippen LogP contribution in [0.4, 0.5) is 0 Å². The fourth-order valence-corrected chi connectivity index (χ4v) is 3.88. The normalized spacial score (nSPS) is 19.1. The Morgan fingerprint density at radius 3 is 3.08 bits per heavy atom. The minimum absolute atomic E-state index is 0.238. The number of pyridine rings is 1. The molecule has 1 aliphatic heterocycles. The van der Waals surface area contributed by atoms with Gasteiger partial charge in [-0.25, -0.2) is 5.06 Å². The Hall–Kier alpha value is -1.83. The van der Waals surface area contributed by atoms with Crippen LogP contribution in [-0.4, -0.2) is 44.9 Å². The number of carbonyl (C=O) groups excluding carboxylic acids is 2. The Morgan fingerprint density at radius 2 is 2.28 bits per heavy atom. The molecule has 2 aromatic rings. The summed E-state index contributed by atoms with van der Waals surface area (Å²) < 4.78 is 0. The molecule has 2 N–H and O–H groups in total. The van der Waals surface area contributed by atoms with E-state index in [-0.39, 0.29) is 5.91 Å². The summed E-state index contributed by atoms with van der Waals surface area (Å²) in [5.74, 6) is -0.696. The minimum atomic E-state index is -0.665. The second-order valence-corrected chi connectivity index (χ2v) is 7.71. The van der Waals surface area contributed by atoms with Crippen molar-refractivity contribution in [1.29, 1.82) is 0 Å². The molecule has 0 aliphatic carbocycles. The molecule has 132 valence electrons. The molecule has 1 aromatic heterocycles. The quantitative estimate of drug-likeness (QED) is 0.630. The first-order valence-corrected chi connectivity index (χ1v) is 9.23. The summed E-state index contributed by atoms with van der Waals surface area (Å²) in [5, 5.41) is 14.0. The molecule has 1 aliphatic rings. The van der Waals surface area contributed by atoms with Gasteiger partial charge in [-0.1, -0.05) is 17.7 Å². The monoisotopic (exact) mass is 379 g/mol. The van der Waals surface area contributed by atoms with Crippen molar-refractivity contribution in [3.63, 3.8) is 0 Å². The fraction of sp³-hybridized carbons (Fsp3) is 0.353. The summed E-state index contributed by atoms with van der Waals surface area (Å²) in [6.45, 7) is 2.09. The van der Waals surface area contributed by atoms with Crippen molar-refractivity contribution in [2.24, 2.45) is 0 Å². The van der Waals surface area contributed by atoms with Crippen LogP contribution in [0.2, 0.25) is 5.02 Å². The molecule has 8 heteroatoms. The number of fused-ring (bicyclic) bond motifs is 1. The number of carbonyl (C=O) groups is 2. The van der Waals surface area contributed by atoms with Crippen LogP contribution in [0.15, 0.2) is 35.4 Å². The molecule has 0 saturated carbocycles. The van der Waals surface area contributed by atoms with Gasteiger partial charge in [0.1, 0.15) is 6.04 Å². The number of benzene rings is 1. The van der Waals surface area contributed by atoms with Gasteiger partial charge in [0.25, 0.3) is 5.91 Å². The first-order valence-electron chi connectivity index (χ1n) is 7.97. The minimum Gasteiger partial charge on any atom is -0.343 e. The number of hydroxylamine groups is 2. The third kappa shape index (κ3) is 4.05. The van der Waals surface area contributed by atoms with Crippen LogP contribution in [0.5, 0.6) is 0 Å². The summed E-state index contributed by atoms with van der Waals surface area (Å²) in [4.78, 5) is 29.5. The predicted molar refractivity (Wildman–Crippen MR) is 96.7 cm³/mol. The molecule has 2 atom stereocenters. The topological polar surface area (TPSA) is 82.5 Å². The number of rotatable bonds is 4. The second kappa shape index (κ2) is 7.59. The Morgan fingerprint density at radius 1 is 1.48 bits per heavy atom. The SMILES string of the molecule is CC(Sc1ccnc2cc(Cl)ccc12)C(=O)NC1CCCN(O)C1=O. The van der Waals surface area contributed by atoms with E-state index in [0.29, 0.717) is 29.5 Å². The molecule has 3 rings (SSSR count). The average molecular weight is 380 g/mol. The summed E-state index contributed by atoms with van der Waals surface area (Å²) in [7, 11) is 0. The number of hydrogen-bond donors (Lipinski definition) is 2. The Labute approximate surface area is 154 Å². The largest absolute Gasteiger partial charge is 0.343 e. The summed E-state index contributed by atoms with van der Waals surface area (Å²) >= 11 is 7.39. The van der Waals surface area contributed by atoms with E-state index in [1.54, 1.807) is 25.3 Å². The van der Waals surface area contributed by atoms with E-state index in [1.807, 2.05) is 12.1 Å². The fourth-order valence-electron chi connectivity index (χ4n) is 2.72. The van der Waals surface area contributed by atoms with Crippen LogP contribution >= 0.6 is 23.4 Å².